The first-order valence-corrected chi connectivity index (χ1v) is 31.0. The molecule has 0 spiro atoms. The maximum absolute atomic E-state index is 15.5. The van der Waals surface area contributed by atoms with Crippen LogP contribution in [0.1, 0.15) is 234 Å². The summed E-state index contributed by atoms with van der Waals surface area (Å²) in [6, 6.07) is 7.31. The molecule has 5 atom stereocenters. The number of nitrogens with zero attached hydrogens (tertiary/aromatic N) is 1. The van der Waals surface area contributed by atoms with Gasteiger partial charge in [0, 0.05) is 34.9 Å². The van der Waals surface area contributed by atoms with Gasteiger partial charge in [-0.1, -0.05) is 150 Å². The van der Waals surface area contributed by atoms with Crippen LogP contribution in [0.4, 0.5) is 5.82 Å². The van der Waals surface area contributed by atoms with E-state index in [0.717, 1.165) is 31.2 Å². The molecule has 3 aliphatic rings. The molecule has 0 saturated heterocycles. The first-order valence-electron chi connectivity index (χ1n) is 30.0. The van der Waals surface area contributed by atoms with E-state index >= 15 is 9.59 Å². The second kappa shape index (κ2) is 25.9. The van der Waals surface area contributed by atoms with Crippen molar-refractivity contribution in [3.63, 3.8) is 0 Å². The van der Waals surface area contributed by atoms with E-state index in [0.29, 0.717) is 58.5 Å². The van der Waals surface area contributed by atoms with Gasteiger partial charge >= 0.3 is 17.9 Å². The number of amidine groups is 1. The van der Waals surface area contributed by atoms with Crippen molar-refractivity contribution in [1.82, 2.24) is 10.3 Å². The van der Waals surface area contributed by atoms with E-state index in [1.54, 1.807) is 6.07 Å². The first kappa shape index (κ1) is 66.2. The summed E-state index contributed by atoms with van der Waals surface area (Å²) in [5.41, 5.74) is 2.53. The summed E-state index contributed by atoms with van der Waals surface area (Å²) in [5.74, 6) is -0.593. The number of amides is 2. The quantitative estimate of drug-likeness (QED) is 0.0794. The van der Waals surface area contributed by atoms with Crippen LogP contribution in [0.15, 0.2) is 46.1 Å². The zero-order chi connectivity index (χ0) is 60.4. The summed E-state index contributed by atoms with van der Waals surface area (Å²) in [4.78, 5) is 81.1. The molecule has 80 heavy (non-hydrogen) atoms. The van der Waals surface area contributed by atoms with Crippen LogP contribution in [0.25, 0.3) is 6.08 Å². The molecule has 2 aromatic rings. The normalized spacial score (nSPS) is 24.2. The number of aromatic nitrogens is 1. The Hall–Kier alpha value is -4.65. The van der Waals surface area contributed by atoms with Crippen molar-refractivity contribution in [1.29, 1.82) is 0 Å². The van der Waals surface area contributed by atoms with Gasteiger partial charge in [0.1, 0.15) is 35.0 Å². The number of anilines is 1. The fourth-order valence-electron chi connectivity index (χ4n) is 12.4. The number of aryl methyl sites for hydroxylation is 1. The number of carbonyl (C=O) groups excluding carboxylic acids is 5. The van der Waals surface area contributed by atoms with E-state index in [2.05, 4.69) is 113 Å². The molecule has 2 aliphatic carbocycles. The van der Waals surface area contributed by atoms with Gasteiger partial charge < -0.3 is 29.8 Å². The van der Waals surface area contributed by atoms with Crippen molar-refractivity contribution >= 4 is 59.2 Å². The van der Waals surface area contributed by atoms with Crippen LogP contribution in [0.5, 0.6) is 0 Å². The number of thioether (sulfide) groups is 1. The van der Waals surface area contributed by atoms with Crippen LogP contribution in [-0.2, 0) is 28.6 Å². The van der Waals surface area contributed by atoms with E-state index in [9.17, 15) is 14.4 Å². The van der Waals surface area contributed by atoms with E-state index in [1.165, 1.54) is 11.8 Å². The Labute approximate surface area is 486 Å². The van der Waals surface area contributed by atoms with Gasteiger partial charge in [-0.25, -0.2) is 14.6 Å². The highest BCUT2D eigenvalue weighted by Gasteiger charge is 2.51. The number of benzene rings is 1. The second-order valence-electron chi connectivity index (χ2n) is 29.6. The predicted octanol–water partition coefficient (Wildman–Crippen LogP) is 16.0. The van der Waals surface area contributed by atoms with E-state index in [-0.39, 0.29) is 98.4 Å². The fourth-order valence-corrected chi connectivity index (χ4v) is 13.3. The monoisotopic (exact) mass is 1120 g/mol. The van der Waals surface area contributed by atoms with Gasteiger partial charge in [-0.2, -0.15) is 0 Å². The summed E-state index contributed by atoms with van der Waals surface area (Å²) < 4.78 is 19.5. The van der Waals surface area contributed by atoms with Crippen LogP contribution in [0.2, 0.25) is 0 Å². The zero-order valence-corrected chi connectivity index (χ0v) is 54.3. The average molecular weight is 1130 g/mol. The lowest BCUT2D eigenvalue weighted by Gasteiger charge is -2.50. The average Bonchev–Trinajstić information content (AvgIpc) is 3.93. The summed E-state index contributed by atoms with van der Waals surface area (Å²) in [5, 5.41) is 5.66. The lowest BCUT2D eigenvalue weighted by molar-refractivity contribution is -0.164. The fraction of sp³-hybridized carbons (Fsp3) is 0.701. The molecule has 5 rings (SSSR count). The first-order chi connectivity index (χ1) is 36.8. The number of carbonyl (C=O) groups is 5. The Balaban J connectivity index is 1.70. The Bertz CT molecular complexity index is 2610. The van der Waals surface area contributed by atoms with E-state index in [4.69, 9.17) is 19.2 Å². The van der Waals surface area contributed by atoms with Gasteiger partial charge in [0.2, 0.25) is 5.91 Å². The van der Waals surface area contributed by atoms with Gasteiger partial charge in [0.05, 0.1) is 23.0 Å². The lowest BCUT2D eigenvalue weighted by atomic mass is 9.59. The number of nitrogens with one attached hydrogen (secondary N) is 3. The van der Waals surface area contributed by atoms with E-state index in [1.807, 2.05) is 86.6 Å². The van der Waals surface area contributed by atoms with Crippen LogP contribution < -0.4 is 10.6 Å². The molecule has 3 N–H and O–H groups in total. The van der Waals surface area contributed by atoms with Crippen LogP contribution in [0.3, 0.4) is 0 Å². The highest BCUT2D eigenvalue weighted by molar-refractivity contribution is 8.00. The molecule has 1 aromatic heterocycles. The van der Waals surface area contributed by atoms with Crippen molar-refractivity contribution in [2.24, 2.45) is 73.5 Å². The molecule has 2 saturated carbocycles. The summed E-state index contributed by atoms with van der Waals surface area (Å²) in [7, 11) is 0. The van der Waals surface area contributed by atoms with Crippen molar-refractivity contribution < 1.29 is 38.2 Å². The number of allylic oxidation sites excluding steroid dienone is 1. The number of esters is 3. The van der Waals surface area contributed by atoms with Crippen molar-refractivity contribution in [2.75, 3.05) is 17.7 Å². The standard InChI is InChI=1S/C67H104N4O8S/c1-24-67(22,23)62(76)77-30-27-31-80-42(9)58(72)70-56-52(60(74)78-54-44(63(10,11)12)32-39(6)33-45(54)64(13,14)15)50(37(2)3)48(68-56)36-49-51(38(4)5)53(57(69-49)71-59(73)43-29-26-25-28-41(43)8)61(75)79-55-46(65(16,17)18)34-40(7)35-47(55)66(19,20)21/h25-26,28-29,36-40,42,44-47,54-55,68H,24,27,30-35H2,1-23H3,(H,70,72)(H,69,71,73). The topological polar surface area (TPSA) is 165 Å². The van der Waals surface area contributed by atoms with Gasteiger partial charge in [0.25, 0.3) is 5.91 Å². The Morgan fingerprint density at radius 2 is 1.20 bits per heavy atom. The smallest absolute Gasteiger partial charge is 0.342 e. The summed E-state index contributed by atoms with van der Waals surface area (Å²) in [6.07, 6.45) is 5.90. The van der Waals surface area contributed by atoms with Gasteiger partial charge in [-0.05, 0) is 146 Å². The number of rotatable bonds is 17. The largest absolute Gasteiger partial charge is 0.465 e. The SMILES string of the molecule is CCC(C)(C)C(=O)OCCCSC(C)C(=O)Nc1[nH]c(C=C2N=C(NC(=O)c3ccccc3C)C(C(=O)OC3C(C(C)(C)C)CC(C)CC3C(C)(C)C)=C2C(C)C)c(C(C)C)c1C(=O)OC1C(C(C)(C)C)CC(C)CC1C(C)(C)C. The third-order valence-electron chi connectivity index (χ3n) is 17.6. The molecule has 5 unspecified atom stereocenters. The van der Waals surface area contributed by atoms with Crippen LogP contribution >= 0.6 is 11.8 Å². The molecule has 2 fully saturated rings. The minimum Gasteiger partial charge on any atom is -0.465 e. The maximum Gasteiger partial charge on any atom is 0.342 e. The number of ether oxygens (including phenoxy) is 3. The van der Waals surface area contributed by atoms with Crippen LogP contribution in [0, 0.1) is 75.4 Å². The highest BCUT2D eigenvalue weighted by Crippen LogP contribution is 2.52. The second-order valence-corrected chi connectivity index (χ2v) is 31.0. The number of aromatic amines is 1. The van der Waals surface area contributed by atoms with Crippen molar-refractivity contribution in [2.45, 2.75) is 221 Å². The molecule has 1 aromatic carbocycles. The molecule has 0 bridgehead atoms. The molecule has 446 valence electrons. The minimum absolute atomic E-state index is 0.0663. The van der Waals surface area contributed by atoms with Crippen molar-refractivity contribution in [3.8, 4) is 0 Å². The third kappa shape index (κ3) is 15.9. The molecule has 2 amide bonds. The number of H-pyrrole nitrogens is 1. The number of aliphatic imine (C=N–C) groups is 1. The van der Waals surface area contributed by atoms with Crippen molar-refractivity contribution in [3.05, 3.63) is 69.1 Å². The van der Waals surface area contributed by atoms with E-state index < -0.39 is 40.7 Å². The molecule has 0 radical (unpaired) electrons. The Morgan fingerprint density at radius 3 is 1.65 bits per heavy atom. The molecule has 2 heterocycles. The summed E-state index contributed by atoms with van der Waals surface area (Å²) in [6.45, 7) is 48.9. The molecular formula is C67H104N4O8S. The predicted molar refractivity (Wildman–Crippen MR) is 329 cm³/mol. The molecule has 1 aliphatic heterocycles. The lowest BCUT2D eigenvalue weighted by Crippen LogP contribution is -2.50. The molecule has 13 heteroatoms. The summed E-state index contributed by atoms with van der Waals surface area (Å²) >= 11 is 1.44. The zero-order valence-electron chi connectivity index (χ0n) is 53.5. The third-order valence-corrected chi connectivity index (χ3v) is 18.9. The van der Waals surface area contributed by atoms with Gasteiger partial charge in [-0.3, -0.25) is 14.4 Å². The highest BCUT2D eigenvalue weighted by atomic mass is 32.2. The maximum atomic E-state index is 15.5. The molecular weight excluding hydrogens is 1020 g/mol. The number of hydrogen-bond donors (Lipinski definition) is 3. The Kier molecular flexibility index (Phi) is 21.4. The Morgan fingerprint density at radius 1 is 0.713 bits per heavy atom. The minimum atomic E-state index is -0.569. The molecule has 12 nitrogen and oxygen atoms in total. The number of hydrogen-bond acceptors (Lipinski definition) is 10. The van der Waals surface area contributed by atoms with Crippen LogP contribution in [-0.4, -0.2) is 70.4 Å². The van der Waals surface area contributed by atoms with Gasteiger partial charge in [0.15, 0.2) is 0 Å². The van der Waals surface area contributed by atoms with Gasteiger partial charge in [-0.15, -0.1) is 11.8 Å².